The minimum Gasteiger partial charge on any atom is -0.364 e. The van der Waals surface area contributed by atoms with Crippen molar-refractivity contribution in [3.63, 3.8) is 0 Å². The lowest BCUT2D eigenvalue weighted by molar-refractivity contribution is 0.0994. The van der Waals surface area contributed by atoms with Gasteiger partial charge in [0.1, 0.15) is 5.69 Å². The lowest BCUT2D eigenvalue weighted by atomic mass is 9.84. The van der Waals surface area contributed by atoms with Crippen molar-refractivity contribution in [2.75, 3.05) is 0 Å². The predicted octanol–water partition coefficient (Wildman–Crippen LogP) is 3.91. The van der Waals surface area contributed by atoms with E-state index in [0.717, 1.165) is 17.0 Å². The quantitative estimate of drug-likeness (QED) is 0.934. The van der Waals surface area contributed by atoms with Gasteiger partial charge in [0.2, 0.25) is 0 Å². The molecule has 4 nitrogen and oxygen atoms in total. The maximum Gasteiger partial charge on any atom is 0.269 e. The Hall–Kier alpha value is -2.23. The van der Waals surface area contributed by atoms with E-state index < -0.39 is 5.91 Å². The Morgan fingerprint density at radius 2 is 1.65 bits per heavy atom. The molecule has 0 saturated heterocycles. The van der Waals surface area contributed by atoms with E-state index in [1.165, 1.54) is 37.7 Å². The smallest absolute Gasteiger partial charge is 0.269 e. The number of hydrogen-bond donors (Lipinski definition) is 1. The van der Waals surface area contributed by atoms with E-state index in [4.69, 9.17) is 5.73 Å². The van der Waals surface area contributed by atoms with Crippen molar-refractivity contribution >= 4 is 5.91 Å². The first-order valence-electron chi connectivity index (χ1n) is 8.31. The van der Waals surface area contributed by atoms with Gasteiger partial charge in [0.15, 0.2) is 0 Å². The van der Waals surface area contributed by atoms with Gasteiger partial charge in [0.05, 0.1) is 17.1 Å². The zero-order valence-corrected chi connectivity index (χ0v) is 13.8. The molecule has 3 rings (SSSR count). The monoisotopic (exact) mass is 309 g/mol. The molecule has 0 radical (unpaired) electrons. The molecule has 0 bridgehead atoms. The van der Waals surface area contributed by atoms with E-state index in [0.29, 0.717) is 11.6 Å². The van der Waals surface area contributed by atoms with Crippen LogP contribution in [0.15, 0.2) is 24.3 Å². The topological polar surface area (TPSA) is 68.9 Å². The Bertz CT molecular complexity index is 716. The summed E-state index contributed by atoms with van der Waals surface area (Å²) in [5, 5.41) is 0. The van der Waals surface area contributed by atoms with Crippen molar-refractivity contribution in [2.45, 2.75) is 51.9 Å². The Balaban J connectivity index is 1.92. The lowest BCUT2D eigenvalue weighted by Crippen LogP contribution is -2.17. The second kappa shape index (κ2) is 6.49. The van der Waals surface area contributed by atoms with Crippen LogP contribution in [-0.2, 0) is 0 Å². The number of aryl methyl sites for hydroxylation is 2. The van der Waals surface area contributed by atoms with Gasteiger partial charge in [-0.2, -0.15) is 0 Å². The van der Waals surface area contributed by atoms with E-state index in [1.807, 2.05) is 6.92 Å². The largest absolute Gasteiger partial charge is 0.364 e. The van der Waals surface area contributed by atoms with Gasteiger partial charge >= 0.3 is 0 Å². The first-order valence-corrected chi connectivity index (χ1v) is 8.31. The van der Waals surface area contributed by atoms with E-state index in [1.54, 1.807) is 6.92 Å². The third kappa shape index (κ3) is 3.26. The Morgan fingerprint density at radius 3 is 2.26 bits per heavy atom. The first-order chi connectivity index (χ1) is 11.1. The third-order valence-electron chi connectivity index (χ3n) is 4.74. The van der Waals surface area contributed by atoms with Crippen LogP contribution in [-0.4, -0.2) is 15.9 Å². The number of benzene rings is 1. The number of aromatic nitrogens is 2. The van der Waals surface area contributed by atoms with Crippen molar-refractivity contribution < 1.29 is 4.79 Å². The van der Waals surface area contributed by atoms with Gasteiger partial charge < -0.3 is 5.73 Å². The molecule has 1 saturated carbocycles. The summed E-state index contributed by atoms with van der Waals surface area (Å²) in [6, 6.07) is 8.55. The van der Waals surface area contributed by atoms with Crippen molar-refractivity contribution in [1.29, 1.82) is 0 Å². The molecule has 0 spiro atoms. The van der Waals surface area contributed by atoms with Crippen LogP contribution >= 0.6 is 0 Å². The van der Waals surface area contributed by atoms with E-state index >= 15 is 0 Å². The maximum absolute atomic E-state index is 11.5. The van der Waals surface area contributed by atoms with Gasteiger partial charge in [0.25, 0.3) is 5.91 Å². The number of carbonyl (C=O) groups excluding carboxylic acids is 1. The number of rotatable bonds is 3. The highest BCUT2D eigenvalue weighted by Crippen LogP contribution is 2.33. The molecule has 0 aliphatic heterocycles. The van der Waals surface area contributed by atoms with Gasteiger partial charge in [-0.25, -0.2) is 4.98 Å². The molecular formula is C19H23N3O. The second-order valence-electron chi connectivity index (χ2n) is 6.41. The summed E-state index contributed by atoms with van der Waals surface area (Å²) in [6.07, 6.45) is 6.60. The van der Waals surface area contributed by atoms with Gasteiger partial charge in [-0.15, -0.1) is 0 Å². The molecule has 1 aliphatic carbocycles. The molecule has 0 unspecified atom stereocenters. The zero-order valence-electron chi connectivity index (χ0n) is 13.8. The second-order valence-corrected chi connectivity index (χ2v) is 6.41. The minimum atomic E-state index is -0.532. The Labute approximate surface area is 137 Å². The number of nitrogens with zero attached hydrogens (tertiary/aromatic N) is 2. The third-order valence-corrected chi connectivity index (χ3v) is 4.74. The average Bonchev–Trinajstić information content (AvgIpc) is 2.56. The summed E-state index contributed by atoms with van der Waals surface area (Å²) in [5.74, 6) is 0.152. The highest BCUT2D eigenvalue weighted by molar-refractivity contribution is 5.92. The summed E-state index contributed by atoms with van der Waals surface area (Å²) < 4.78 is 0. The lowest BCUT2D eigenvalue weighted by Gasteiger charge is -2.22. The fourth-order valence-corrected chi connectivity index (χ4v) is 3.49. The summed E-state index contributed by atoms with van der Waals surface area (Å²) in [6.45, 7) is 3.67. The molecule has 1 aromatic heterocycles. The SMILES string of the molecule is Cc1nc(C)c(-c2ccc(C3CCCCC3)cc2)nc1C(N)=O. The summed E-state index contributed by atoms with van der Waals surface area (Å²) >= 11 is 0. The van der Waals surface area contributed by atoms with E-state index in [9.17, 15) is 4.79 Å². The molecule has 2 aromatic rings. The number of primary amides is 1. The number of nitrogens with two attached hydrogens (primary N) is 1. The summed E-state index contributed by atoms with van der Waals surface area (Å²) in [4.78, 5) is 20.4. The Kier molecular flexibility index (Phi) is 4.42. The van der Waals surface area contributed by atoms with Gasteiger partial charge in [-0.05, 0) is 38.2 Å². The number of carbonyl (C=O) groups is 1. The molecule has 2 N–H and O–H groups in total. The van der Waals surface area contributed by atoms with Crippen LogP contribution in [0.2, 0.25) is 0 Å². The van der Waals surface area contributed by atoms with Crippen LogP contribution < -0.4 is 5.73 Å². The molecular weight excluding hydrogens is 286 g/mol. The molecule has 1 aliphatic rings. The van der Waals surface area contributed by atoms with Crippen molar-refractivity contribution in [1.82, 2.24) is 9.97 Å². The van der Waals surface area contributed by atoms with Crippen LogP contribution in [0.1, 0.15) is 65.5 Å². The predicted molar refractivity (Wildman–Crippen MR) is 91.3 cm³/mol. The molecule has 0 atom stereocenters. The molecule has 1 fully saturated rings. The maximum atomic E-state index is 11.5. The molecule has 1 amide bonds. The summed E-state index contributed by atoms with van der Waals surface area (Å²) in [7, 11) is 0. The standard InChI is InChI=1S/C19H23N3O/c1-12-17(22-18(19(20)23)13(2)21-12)16-10-8-15(9-11-16)14-6-4-3-5-7-14/h8-11,14H,3-7H2,1-2H3,(H2,20,23). The normalized spacial score (nSPS) is 15.6. The van der Waals surface area contributed by atoms with Crippen LogP contribution in [0, 0.1) is 13.8 Å². The van der Waals surface area contributed by atoms with Gasteiger partial charge in [-0.1, -0.05) is 43.5 Å². The fourth-order valence-electron chi connectivity index (χ4n) is 3.49. The van der Waals surface area contributed by atoms with Crippen molar-refractivity contribution in [2.24, 2.45) is 5.73 Å². The van der Waals surface area contributed by atoms with Crippen molar-refractivity contribution in [3.8, 4) is 11.3 Å². The number of amides is 1. The van der Waals surface area contributed by atoms with Crippen LogP contribution in [0.4, 0.5) is 0 Å². The number of hydrogen-bond acceptors (Lipinski definition) is 3. The van der Waals surface area contributed by atoms with Crippen LogP contribution in [0.5, 0.6) is 0 Å². The van der Waals surface area contributed by atoms with Crippen LogP contribution in [0.25, 0.3) is 11.3 Å². The van der Waals surface area contributed by atoms with Crippen molar-refractivity contribution in [3.05, 3.63) is 46.9 Å². The highest BCUT2D eigenvalue weighted by atomic mass is 16.1. The zero-order chi connectivity index (χ0) is 16.4. The van der Waals surface area contributed by atoms with E-state index in [2.05, 4.69) is 34.2 Å². The molecule has 1 aromatic carbocycles. The molecule has 23 heavy (non-hydrogen) atoms. The average molecular weight is 309 g/mol. The Morgan fingerprint density at radius 1 is 1.00 bits per heavy atom. The summed E-state index contributed by atoms with van der Waals surface area (Å²) in [5.41, 5.74) is 10.2. The van der Waals surface area contributed by atoms with Gasteiger partial charge in [0, 0.05) is 5.56 Å². The van der Waals surface area contributed by atoms with Crippen LogP contribution in [0.3, 0.4) is 0 Å². The fraction of sp³-hybridized carbons (Fsp3) is 0.421. The molecule has 1 heterocycles. The molecule has 120 valence electrons. The highest BCUT2D eigenvalue weighted by Gasteiger charge is 2.17. The minimum absolute atomic E-state index is 0.252. The van der Waals surface area contributed by atoms with Gasteiger partial charge in [-0.3, -0.25) is 9.78 Å². The molecule has 4 heteroatoms. The van der Waals surface area contributed by atoms with E-state index in [-0.39, 0.29) is 5.69 Å². The first kappa shape index (κ1) is 15.7.